The van der Waals surface area contributed by atoms with Crippen LogP contribution in [0.5, 0.6) is 0 Å². The number of aromatic nitrogens is 4. The van der Waals surface area contributed by atoms with E-state index < -0.39 is 5.41 Å². The van der Waals surface area contributed by atoms with Crippen molar-refractivity contribution in [1.82, 2.24) is 19.2 Å². The molecule has 0 saturated carbocycles. The maximum atomic E-state index is 4.84. The maximum Gasteiger partial charge on any atom is 0.169 e. The third kappa shape index (κ3) is 4.50. The van der Waals surface area contributed by atoms with Gasteiger partial charge in [0.2, 0.25) is 0 Å². The average molecular weight is 727 g/mol. The molecule has 8 aromatic carbocycles. The van der Waals surface area contributed by atoms with Crippen molar-refractivity contribution in [3.05, 3.63) is 229 Å². The fourth-order valence-electron chi connectivity index (χ4n) is 9.71. The standard InChI is InChI=1S/C53H34N4/c1-3-15-37(16-4-1)53(38-17-5-2-6-18-38)47-24-12-9-20-41(47)42-32-29-36(33-48(42)53)46-34-56-51(54-55-52(56)45-23-8-7-19-40(45)46)35-27-30-39(31-28-35)57-49-25-13-10-21-43(49)44-22-11-14-26-50(44)57/h1-34H. The molecule has 0 saturated heterocycles. The van der Waals surface area contributed by atoms with Crippen molar-refractivity contribution in [2.45, 2.75) is 5.41 Å². The topological polar surface area (TPSA) is 35.1 Å². The molecule has 0 amide bonds. The van der Waals surface area contributed by atoms with Crippen LogP contribution in [0.4, 0.5) is 0 Å². The van der Waals surface area contributed by atoms with Crippen LogP contribution in [0.25, 0.3) is 77.6 Å². The number of nitrogens with zero attached hydrogens (tertiary/aromatic N) is 4. The first-order valence-corrected chi connectivity index (χ1v) is 19.5. The average Bonchev–Trinajstić information content (AvgIpc) is 3.96. The van der Waals surface area contributed by atoms with Gasteiger partial charge >= 0.3 is 0 Å². The minimum absolute atomic E-state index is 0.482. The molecule has 0 unspecified atom stereocenters. The summed E-state index contributed by atoms with van der Waals surface area (Å²) in [7, 11) is 0. The summed E-state index contributed by atoms with van der Waals surface area (Å²) in [6.07, 6.45) is 2.24. The van der Waals surface area contributed by atoms with Crippen molar-refractivity contribution in [2.75, 3.05) is 0 Å². The molecule has 3 heterocycles. The van der Waals surface area contributed by atoms with E-state index in [4.69, 9.17) is 10.2 Å². The Morgan fingerprint density at radius 1 is 0.386 bits per heavy atom. The molecule has 4 nitrogen and oxygen atoms in total. The second kappa shape index (κ2) is 12.2. The Morgan fingerprint density at radius 2 is 0.930 bits per heavy atom. The minimum Gasteiger partial charge on any atom is -0.309 e. The number of hydrogen-bond acceptors (Lipinski definition) is 2. The van der Waals surface area contributed by atoms with Crippen molar-refractivity contribution in [1.29, 1.82) is 0 Å². The van der Waals surface area contributed by atoms with Crippen LogP contribution in [-0.4, -0.2) is 19.2 Å². The predicted octanol–water partition coefficient (Wildman–Crippen LogP) is 12.7. The molecule has 0 fully saturated rings. The summed E-state index contributed by atoms with van der Waals surface area (Å²) < 4.78 is 4.52. The predicted molar refractivity (Wildman–Crippen MR) is 233 cm³/mol. The van der Waals surface area contributed by atoms with E-state index in [1.54, 1.807) is 0 Å². The normalized spacial score (nSPS) is 13.1. The van der Waals surface area contributed by atoms with Crippen molar-refractivity contribution < 1.29 is 0 Å². The monoisotopic (exact) mass is 726 g/mol. The molecule has 0 spiro atoms. The fraction of sp³-hybridized carbons (Fsp3) is 0.0189. The lowest BCUT2D eigenvalue weighted by Crippen LogP contribution is -2.28. The van der Waals surface area contributed by atoms with E-state index in [2.05, 4.69) is 215 Å². The molecule has 0 N–H and O–H groups in total. The molecule has 4 heteroatoms. The summed E-state index contributed by atoms with van der Waals surface area (Å²) >= 11 is 0. The lowest BCUT2D eigenvalue weighted by molar-refractivity contribution is 0.769. The highest BCUT2D eigenvalue weighted by molar-refractivity contribution is 6.09. The summed E-state index contributed by atoms with van der Waals surface area (Å²) in [6.45, 7) is 0. The molecule has 0 atom stereocenters. The van der Waals surface area contributed by atoms with Crippen molar-refractivity contribution in [3.8, 4) is 39.3 Å². The minimum atomic E-state index is -0.482. The Labute approximate surface area is 329 Å². The van der Waals surface area contributed by atoms with Gasteiger partial charge in [-0.15, -0.1) is 10.2 Å². The van der Waals surface area contributed by atoms with Gasteiger partial charge in [0.05, 0.1) is 16.4 Å². The summed E-state index contributed by atoms with van der Waals surface area (Å²) in [5, 5.41) is 14.4. The number of rotatable bonds is 5. The lowest BCUT2D eigenvalue weighted by Gasteiger charge is -2.34. The first kappa shape index (κ1) is 31.8. The number of fused-ring (bicyclic) bond motifs is 9. The zero-order valence-electron chi connectivity index (χ0n) is 30.9. The van der Waals surface area contributed by atoms with Crippen molar-refractivity contribution in [3.63, 3.8) is 0 Å². The Kier molecular flexibility index (Phi) is 6.81. The van der Waals surface area contributed by atoms with E-state index in [0.717, 1.165) is 44.6 Å². The van der Waals surface area contributed by atoms with Gasteiger partial charge in [-0.25, -0.2) is 0 Å². The Hall–Kier alpha value is -7.56. The molecule has 12 rings (SSSR count). The molecule has 0 radical (unpaired) electrons. The van der Waals surface area contributed by atoms with Crippen LogP contribution >= 0.6 is 0 Å². The van der Waals surface area contributed by atoms with E-state index >= 15 is 0 Å². The first-order chi connectivity index (χ1) is 28.3. The van der Waals surface area contributed by atoms with Gasteiger partial charge in [-0.3, -0.25) is 4.40 Å². The van der Waals surface area contributed by atoms with Crippen LogP contribution in [0.1, 0.15) is 22.3 Å². The van der Waals surface area contributed by atoms with Crippen LogP contribution in [0.3, 0.4) is 0 Å². The van der Waals surface area contributed by atoms with Gasteiger partial charge < -0.3 is 4.57 Å². The van der Waals surface area contributed by atoms with Gasteiger partial charge in [-0.05, 0) is 86.8 Å². The van der Waals surface area contributed by atoms with E-state index in [9.17, 15) is 0 Å². The molecular weight excluding hydrogens is 693 g/mol. The van der Waals surface area contributed by atoms with Gasteiger partial charge in [0.15, 0.2) is 11.5 Å². The zero-order chi connectivity index (χ0) is 37.5. The second-order valence-electron chi connectivity index (χ2n) is 15.0. The van der Waals surface area contributed by atoms with Crippen LogP contribution in [0, 0.1) is 0 Å². The second-order valence-corrected chi connectivity index (χ2v) is 15.0. The smallest absolute Gasteiger partial charge is 0.169 e. The highest BCUT2D eigenvalue weighted by Gasteiger charge is 2.46. The SMILES string of the molecule is c1ccc(C2(c3ccccc3)c3ccccc3-c3ccc(-c4cn5c(-c6ccc(-n7c8ccccc8c8ccccc87)cc6)nnc5c5ccccc45)cc32)cc1. The molecule has 0 bridgehead atoms. The maximum absolute atomic E-state index is 4.84. The molecular formula is C53H34N4. The van der Waals surface area contributed by atoms with Crippen molar-refractivity contribution in [2.24, 2.45) is 0 Å². The van der Waals surface area contributed by atoms with Crippen molar-refractivity contribution >= 4 is 38.2 Å². The molecule has 266 valence electrons. The molecule has 3 aromatic heterocycles. The Morgan fingerprint density at radius 3 is 1.61 bits per heavy atom. The molecule has 1 aliphatic carbocycles. The van der Waals surface area contributed by atoms with Gasteiger partial charge in [0.1, 0.15) is 0 Å². The van der Waals surface area contributed by atoms with Crippen LogP contribution < -0.4 is 0 Å². The molecule has 0 aliphatic heterocycles. The summed E-state index contributed by atoms with van der Waals surface area (Å²) in [6, 6.07) is 72.5. The number of hydrogen-bond donors (Lipinski definition) is 0. The van der Waals surface area contributed by atoms with Gasteiger partial charge in [0, 0.05) is 39.2 Å². The largest absolute Gasteiger partial charge is 0.309 e. The lowest BCUT2D eigenvalue weighted by atomic mass is 9.67. The number of benzene rings is 8. The fourth-order valence-corrected chi connectivity index (χ4v) is 9.71. The Balaban J connectivity index is 1.05. The number of pyridine rings is 1. The summed E-state index contributed by atoms with van der Waals surface area (Å²) in [5.74, 6) is 0.808. The summed E-state index contributed by atoms with van der Waals surface area (Å²) in [5.41, 5.74) is 14.8. The first-order valence-electron chi connectivity index (χ1n) is 19.5. The number of para-hydroxylation sites is 2. The van der Waals surface area contributed by atoms with Crippen LogP contribution in [0.2, 0.25) is 0 Å². The Bertz CT molecular complexity index is 3250. The zero-order valence-corrected chi connectivity index (χ0v) is 30.9. The van der Waals surface area contributed by atoms with E-state index in [1.807, 2.05) is 0 Å². The third-order valence-electron chi connectivity index (χ3n) is 12.1. The highest BCUT2D eigenvalue weighted by Crippen LogP contribution is 2.56. The van der Waals surface area contributed by atoms with Gasteiger partial charge in [-0.2, -0.15) is 0 Å². The van der Waals surface area contributed by atoms with Crippen LogP contribution in [0.15, 0.2) is 206 Å². The molecule has 11 aromatic rings. The quantitative estimate of drug-likeness (QED) is 0.177. The molecule has 1 aliphatic rings. The molecule has 57 heavy (non-hydrogen) atoms. The van der Waals surface area contributed by atoms with Gasteiger partial charge in [0.25, 0.3) is 0 Å². The highest BCUT2D eigenvalue weighted by atomic mass is 15.2. The third-order valence-corrected chi connectivity index (χ3v) is 12.1. The van der Waals surface area contributed by atoms with Crippen LogP contribution in [-0.2, 0) is 5.41 Å². The van der Waals surface area contributed by atoms with E-state index in [0.29, 0.717) is 0 Å². The van der Waals surface area contributed by atoms with Gasteiger partial charge in [-0.1, -0.05) is 158 Å². The van der Waals surface area contributed by atoms with E-state index in [1.165, 1.54) is 55.2 Å². The van der Waals surface area contributed by atoms with E-state index in [-0.39, 0.29) is 0 Å². The summed E-state index contributed by atoms with van der Waals surface area (Å²) in [4.78, 5) is 0.